The number of aryl methyl sites for hydroxylation is 2. The van der Waals surface area contributed by atoms with Crippen molar-refractivity contribution in [3.05, 3.63) is 56.8 Å². The largest absolute Gasteiger partial charge is 0.312 e. The highest BCUT2D eigenvalue weighted by Crippen LogP contribution is 2.34. The van der Waals surface area contributed by atoms with Crippen molar-refractivity contribution in [1.29, 1.82) is 0 Å². The summed E-state index contributed by atoms with van der Waals surface area (Å²) in [5.41, 5.74) is 2.16. The van der Waals surface area contributed by atoms with Crippen LogP contribution in [0.4, 0.5) is 8.78 Å². The summed E-state index contributed by atoms with van der Waals surface area (Å²) in [6, 6.07) is 6.14. The zero-order chi connectivity index (χ0) is 14.8. The predicted octanol–water partition coefficient (Wildman–Crippen LogP) is 4.41. The third kappa shape index (κ3) is 3.33. The highest BCUT2D eigenvalue weighted by atomic mass is 32.1. The van der Waals surface area contributed by atoms with Crippen molar-refractivity contribution in [2.45, 2.75) is 38.1 Å². The first-order chi connectivity index (χ1) is 10.2. The third-order valence-corrected chi connectivity index (χ3v) is 5.42. The van der Waals surface area contributed by atoms with E-state index in [1.807, 2.05) is 18.4 Å². The average Bonchev–Trinajstić information content (AvgIpc) is 2.87. The van der Waals surface area contributed by atoms with Crippen LogP contribution in [0, 0.1) is 11.6 Å². The van der Waals surface area contributed by atoms with Crippen LogP contribution in [-0.4, -0.2) is 7.05 Å². The maximum atomic E-state index is 13.3. The van der Waals surface area contributed by atoms with Crippen LogP contribution in [0.25, 0.3) is 0 Å². The van der Waals surface area contributed by atoms with Gasteiger partial charge in [-0.15, -0.1) is 11.3 Å². The van der Waals surface area contributed by atoms with Crippen molar-refractivity contribution in [3.8, 4) is 0 Å². The summed E-state index contributed by atoms with van der Waals surface area (Å²) < 4.78 is 26.6. The number of hydrogen-bond donors (Lipinski definition) is 1. The molecule has 0 amide bonds. The Balaban J connectivity index is 1.82. The highest BCUT2D eigenvalue weighted by molar-refractivity contribution is 7.12. The van der Waals surface area contributed by atoms with Gasteiger partial charge in [0.05, 0.1) is 0 Å². The summed E-state index contributed by atoms with van der Waals surface area (Å²) in [6.07, 6.45) is 5.47. The Bertz CT molecular complexity index is 592. The van der Waals surface area contributed by atoms with Crippen molar-refractivity contribution in [2.75, 3.05) is 7.05 Å². The molecule has 21 heavy (non-hydrogen) atoms. The van der Waals surface area contributed by atoms with Crippen molar-refractivity contribution in [2.24, 2.45) is 0 Å². The van der Waals surface area contributed by atoms with Gasteiger partial charge in [0, 0.05) is 21.9 Å². The van der Waals surface area contributed by atoms with Gasteiger partial charge in [0.2, 0.25) is 0 Å². The van der Waals surface area contributed by atoms with Gasteiger partial charge in [-0.05, 0) is 68.5 Å². The molecule has 112 valence electrons. The van der Waals surface area contributed by atoms with Crippen molar-refractivity contribution in [1.82, 2.24) is 5.32 Å². The third-order valence-electron chi connectivity index (χ3n) is 4.07. The maximum absolute atomic E-state index is 13.3. The van der Waals surface area contributed by atoms with Crippen LogP contribution in [0.3, 0.4) is 0 Å². The number of halogens is 2. The number of rotatable bonds is 4. The van der Waals surface area contributed by atoms with Gasteiger partial charge in [0.25, 0.3) is 0 Å². The predicted molar refractivity (Wildman–Crippen MR) is 82.8 cm³/mol. The molecule has 1 N–H and O–H groups in total. The smallest absolute Gasteiger partial charge is 0.126 e. The molecule has 0 spiro atoms. The lowest BCUT2D eigenvalue weighted by Crippen LogP contribution is -2.17. The molecule has 2 aromatic rings. The molecule has 0 bridgehead atoms. The maximum Gasteiger partial charge on any atom is 0.126 e. The van der Waals surface area contributed by atoms with E-state index in [-0.39, 0.29) is 6.04 Å². The summed E-state index contributed by atoms with van der Waals surface area (Å²) in [7, 11) is 1.90. The second-order valence-electron chi connectivity index (χ2n) is 5.63. The second kappa shape index (κ2) is 6.24. The molecule has 1 aliphatic rings. The van der Waals surface area contributed by atoms with E-state index in [0.29, 0.717) is 12.0 Å². The number of likely N-dealkylation sites (N-methyl/N-ethyl adjacent to an activating group) is 1. The Kier molecular flexibility index (Phi) is 4.36. The van der Waals surface area contributed by atoms with Crippen LogP contribution in [0.2, 0.25) is 0 Å². The molecule has 1 aliphatic carbocycles. The number of thiophene rings is 1. The van der Waals surface area contributed by atoms with Gasteiger partial charge in [-0.1, -0.05) is 0 Å². The molecule has 1 unspecified atom stereocenters. The molecule has 1 heterocycles. The highest BCUT2D eigenvalue weighted by Gasteiger charge is 2.19. The monoisotopic (exact) mass is 307 g/mol. The van der Waals surface area contributed by atoms with Gasteiger partial charge in [-0.2, -0.15) is 0 Å². The average molecular weight is 307 g/mol. The number of nitrogens with one attached hydrogen (secondary N) is 1. The van der Waals surface area contributed by atoms with E-state index in [1.165, 1.54) is 46.7 Å². The van der Waals surface area contributed by atoms with Crippen LogP contribution in [0.1, 0.15) is 39.8 Å². The molecular weight excluding hydrogens is 288 g/mol. The van der Waals surface area contributed by atoms with Crippen molar-refractivity contribution >= 4 is 11.3 Å². The second-order valence-corrected chi connectivity index (χ2v) is 6.80. The van der Waals surface area contributed by atoms with Gasteiger partial charge in [-0.3, -0.25) is 0 Å². The van der Waals surface area contributed by atoms with Gasteiger partial charge < -0.3 is 5.32 Å². The van der Waals surface area contributed by atoms with Gasteiger partial charge >= 0.3 is 0 Å². The summed E-state index contributed by atoms with van der Waals surface area (Å²) in [5, 5.41) is 3.28. The van der Waals surface area contributed by atoms with Gasteiger partial charge in [-0.25, -0.2) is 8.78 Å². The standard InChI is InChI=1S/C17H19F2NS/c1-20-15(8-11-6-13(18)10-14(19)7-11)17-9-12-4-2-3-5-16(12)21-17/h6-7,9-10,15,20H,2-5,8H2,1H3. The lowest BCUT2D eigenvalue weighted by Gasteiger charge is -2.14. The minimum absolute atomic E-state index is 0.113. The fourth-order valence-electron chi connectivity index (χ4n) is 2.99. The van der Waals surface area contributed by atoms with E-state index in [9.17, 15) is 8.78 Å². The first-order valence-corrected chi connectivity index (χ1v) is 8.21. The molecule has 4 heteroatoms. The molecule has 3 rings (SSSR count). The lowest BCUT2D eigenvalue weighted by molar-refractivity contribution is 0.565. The Morgan fingerprint density at radius 2 is 1.81 bits per heavy atom. The minimum atomic E-state index is -0.509. The summed E-state index contributed by atoms with van der Waals surface area (Å²) >= 11 is 1.85. The lowest BCUT2D eigenvalue weighted by atomic mass is 9.98. The zero-order valence-corrected chi connectivity index (χ0v) is 12.9. The van der Waals surface area contributed by atoms with E-state index >= 15 is 0 Å². The van der Waals surface area contributed by atoms with E-state index < -0.39 is 11.6 Å². The molecule has 0 fully saturated rings. The number of hydrogen-bond acceptors (Lipinski definition) is 2. The molecular formula is C17H19F2NS. The topological polar surface area (TPSA) is 12.0 Å². The Morgan fingerprint density at radius 1 is 1.10 bits per heavy atom. The fraction of sp³-hybridized carbons (Fsp3) is 0.412. The number of benzene rings is 1. The molecule has 0 aliphatic heterocycles. The molecule has 1 aromatic heterocycles. The first kappa shape index (κ1) is 14.7. The number of fused-ring (bicyclic) bond motifs is 1. The molecule has 1 aromatic carbocycles. The van der Waals surface area contributed by atoms with Crippen LogP contribution >= 0.6 is 11.3 Å². The zero-order valence-electron chi connectivity index (χ0n) is 12.1. The molecule has 1 nitrogen and oxygen atoms in total. The SMILES string of the molecule is CNC(Cc1cc(F)cc(F)c1)c1cc2c(s1)CCCC2. The fourth-order valence-corrected chi connectivity index (χ4v) is 4.36. The summed E-state index contributed by atoms with van der Waals surface area (Å²) in [6.45, 7) is 0. The van der Waals surface area contributed by atoms with E-state index in [0.717, 1.165) is 12.5 Å². The normalized spacial score (nSPS) is 15.8. The summed E-state index contributed by atoms with van der Waals surface area (Å²) in [4.78, 5) is 2.76. The van der Waals surface area contributed by atoms with Crippen LogP contribution in [-0.2, 0) is 19.3 Å². The molecule has 0 saturated carbocycles. The quantitative estimate of drug-likeness (QED) is 0.882. The Morgan fingerprint density at radius 3 is 2.48 bits per heavy atom. The molecule has 1 atom stereocenters. The van der Waals surface area contributed by atoms with E-state index in [1.54, 1.807) is 0 Å². The van der Waals surface area contributed by atoms with Crippen LogP contribution < -0.4 is 5.32 Å². The Hall–Kier alpha value is -1.26. The minimum Gasteiger partial charge on any atom is -0.312 e. The van der Waals surface area contributed by atoms with Gasteiger partial charge in [0.15, 0.2) is 0 Å². The summed E-state index contributed by atoms with van der Waals surface area (Å²) in [5.74, 6) is -1.02. The molecule has 0 saturated heterocycles. The van der Waals surface area contributed by atoms with Crippen LogP contribution in [0.5, 0.6) is 0 Å². The first-order valence-electron chi connectivity index (χ1n) is 7.39. The Labute approximate surface area is 128 Å². The van der Waals surface area contributed by atoms with Gasteiger partial charge in [0.1, 0.15) is 11.6 Å². The van der Waals surface area contributed by atoms with E-state index in [4.69, 9.17) is 0 Å². The molecule has 0 radical (unpaired) electrons. The van der Waals surface area contributed by atoms with Crippen LogP contribution in [0.15, 0.2) is 24.3 Å². The van der Waals surface area contributed by atoms with Crippen molar-refractivity contribution in [3.63, 3.8) is 0 Å². The van der Waals surface area contributed by atoms with E-state index in [2.05, 4.69) is 11.4 Å². The van der Waals surface area contributed by atoms with Crippen molar-refractivity contribution < 1.29 is 8.78 Å².